The third-order valence-corrected chi connectivity index (χ3v) is 6.06. The van der Waals surface area contributed by atoms with Crippen molar-refractivity contribution < 1.29 is 4.74 Å². The first-order valence-electron chi connectivity index (χ1n) is 9.84. The minimum Gasteiger partial charge on any atom is -0.496 e. The zero-order valence-electron chi connectivity index (χ0n) is 18.0. The number of halogens is 2. The van der Waals surface area contributed by atoms with Crippen LogP contribution in [-0.4, -0.2) is 32.0 Å². The van der Waals surface area contributed by atoms with Crippen molar-refractivity contribution >= 4 is 50.9 Å². The summed E-state index contributed by atoms with van der Waals surface area (Å²) in [5, 5.41) is 4.85. The number of anilines is 1. The molecule has 9 nitrogen and oxygen atoms in total. The summed E-state index contributed by atoms with van der Waals surface area (Å²) >= 11 is 9.80. The molecule has 1 N–H and O–H groups in total. The third-order valence-electron chi connectivity index (χ3n) is 5.19. The van der Waals surface area contributed by atoms with E-state index >= 15 is 0 Å². The van der Waals surface area contributed by atoms with Gasteiger partial charge in [0.2, 0.25) is 5.95 Å². The number of nitrogens with one attached hydrogen (secondary N) is 1. The number of hydrogen-bond donors (Lipinski definition) is 1. The lowest BCUT2D eigenvalue weighted by Gasteiger charge is -2.10. The predicted octanol–water partition coefficient (Wildman–Crippen LogP) is 3.35. The summed E-state index contributed by atoms with van der Waals surface area (Å²) in [5.74, 6) is 0.929. The summed E-state index contributed by atoms with van der Waals surface area (Å²) in [6, 6.07) is 12.9. The third kappa shape index (κ3) is 4.31. The molecule has 0 radical (unpaired) electrons. The summed E-state index contributed by atoms with van der Waals surface area (Å²) in [4.78, 5) is 29.9. The van der Waals surface area contributed by atoms with Crippen LogP contribution in [0.1, 0.15) is 11.1 Å². The Bertz CT molecular complexity index is 1500. The number of ether oxygens (including phenoxy) is 1. The molecule has 2 aromatic carbocycles. The number of rotatable bonds is 6. The fraction of sp³-hybridized carbons (Fsp3) is 0.182. The van der Waals surface area contributed by atoms with Crippen molar-refractivity contribution in [3.63, 3.8) is 0 Å². The molecular weight excluding hydrogens is 512 g/mol. The molecule has 0 bridgehead atoms. The van der Waals surface area contributed by atoms with Crippen molar-refractivity contribution in [1.82, 2.24) is 18.7 Å². The maximum absolute atomic E-state index is 13.0. The molecule has 0 aliphatic heterocycles. The fourth-order valence-electron chi connectivity index (χ4n) is 3.45. The second-order valence-corrected chi connectivity index (χ2v) is 8.57. The van der Waals surface area contributed by atoms with Crippen LogP contribution < -0.4 is 21.4 Å². The normalized spacial score (nSPS) is 11.4. The highest BCUT2D eigenvalue weighted by Gasteiger charge is 2.20. The number of fused-ring (bicyclic) bond motifs is 1. The Morgan fingerprint density at radius 2 is 1.94 bits per heavy atom. The van der Waals surface area contributed by atoms with Crippen molar-refractivity contribution in [3.8, 4) is 5.75 Å². The van der Waals surface area contributed by atoms with Gasteiger partial charge in [0.1, 0.15) is 5.75 Å². The SMILES string of the molecule is COc1ccc(Br)cc1/C=N/Nc1nc2c(c(=O)n(C)c(=O)n2C)n1Cc1ccccc1Cl. The molecule has 4 rings (SSSR count). The molecule has 4 aromatic rings. The fourth-order valence-corrected chi connectivity index (χ4v) is 4.02. The van der Waals surface area contributed by atoms with Gasteiger partial charge in [-0.15, -0.1) is 0 Å². The van der Waals surface area contributed by atoms with E-state index in [2.05, 4.69) is 31.4 Å². The maximum atomic E-state index is 13.0. The van der Waals surface area contributed by atoms with E-state index in [0.717, 1.165) is 20.2 Å². The van der Waals surface area contributed by atoms with Gasteiger partial charge in [0.15, 0.2) is 11.2 Å². The van der Waals surface area contributed by atoms with Gasteiger partial charge in [0, 0.05) is 29.2 Å². The van der Waals surface area contributed by atoms with E-state index in [1.807, 2.05) is 36.4 Å². The van der Waals surface area contributed by atoms with Crippen LogP contribution >= 0.6 is 27.5 Å². The van der Waals surface area contributed by atoms with Gasteiger partial charge in [0.05, 0.1) is 19.9 Å². The van der Waals surface area contributed by atoms with E-state index in [-0.39, 0.29) is 23.7 Å². The molecule has 0 aliphatic carbocycles. The number of methoxy groups -OCH3 is 1. The molecule has 0 spiro atoms. The topological polar surface area (TPSA) is 95.4 Å². The minimum atomic E-state index is -0.469. The molecule has 0 saturated carbocycles. The van der Waals surface area contributed by atoms with E-state index < -0.39 is 11.2 Å². The zero-order valence-corrected chi connectivity index (χ0v) is 20.4. The highest BCUT2D eigenvalue weighted by atomic mass is 79.9. The average Bonchev–Trinajstić information content (AvgIpc) is 3.16. The maximum Gasteiger partial charge on any atom is 0.332 e. The number of aromatic nitrogens is 4. The molecule has 33 heavy (non-hydrogen) atoms. The van der Waals surface area contributed by atoms with Crippen LogP contribution in [0.2, 0.25) is 5.02 Å². The van der Waals surface area contributed by atoms with Crippen LogP contribution in [0.4, 0.5) is 5.95 Å². The summed E-state index contributed by atoms with van der Waals surface area (Å²) in [5.41, 5.74) is 4.00. The van der Waals surface area contributed by atoms with Crippen molar-refractivity contribution in [2.24, 2.45) is 19.2 Å². The quantitative estimate of drug-likeness (QED) is 0.304. The standard InChI is InChI=1S/C22H20BrClN6O3/c1-28-19-18(20(31)29(2)22(28)32)30(12-13-6-4-5-7-16(13)24)21(26-19)27-25-11-14-10-15(23)8-9-17(14)33-3/h4-11H,12H2,1-3H3,(H,26,27)/b25-11+. The molecule has 0 fully saturated rings. The Morgan fingerprint density at radius 3 is 2.67 bits per heavy atom. The molecule has 0 unspecified atom stereocenters. The highest BCUT2D eigenvalue weighted by molar-refractivity contribution is 9.10. The van der Waals surface area contributed by atoms with Gasteiger partial charge >= 0.3 is 5.69 Å². The van der Waals surface area contributed by atoms with E-state index in [4.69, 9.17) is 16.3 Å². The first-order chi connectivity index (χ1) is 15.8. The Labute approximate surface area is 202 Å². The molecule has 0 amide bonds. The van der Waals surface area contributed by atoms with Gasteiger partial charge < -0.3 is 4.74 Å². The number of hydrazone groups is 1. The van der Waals surface area contributed by atoms with E-state index in [1.165, 1.54) is 11.6 Å². The Morgan fingerprint density at radius 1 is 1.18 bits per heavy atom. The lowest BCUT2D eigenvalue weighted by Crippen LogP contribution is -2.37. The molecule has 0 atom stereocenters. The Hall–Kier alpha value is -3.37. The van der Waals surface area contributed by atoms with E-state index in [1.54, 1.807) is 31.0 Å². The number of aryl methyl sites for hydroxylation is 1. The number of hydrogen-bond acceptors (Lipinski definition) is 6. The zero-order chi connectivity index (χ0) is 23.7. The van der Waals surface area contributed by atoms with Gasteiger partial charge in [-0.1, -0.05) is 45.7 Å². The first kappa shape index (κ1) is 22.8. The van der Waals surface area contributed by atoms with Crippen LogP contribution in [0, 0.1) is 0 Å². The van der Waals surface area contributed by atoms with Crippen molar-refractivity contribution in [2.45, 2.75) is 6.54 Å². The molecule has 170 valence electrons. The first-order valence-corrected chi connectivity index (χ1v) is 11.0. The minimum absolute atomic E-state index is 0.243. The predicted molar refractivity (Wildman–Crippen MR) is 133 cm³/mol. The van der Waals surface area contributed by atoms with Crippen LogP contribution in [0.3, 0.4) is 0 Å². The van der Waals surface area contributed by atoms with Gasteiger partial charge in [-0.2, -0.15) is 10.1 Å². The monoisotopic (exact) mass is 530 g/mol. The lowest BCUT2D eigenvalue weighted by atomic mass is 10.2. The van der Waals surface area contributed by atoms with Crippen molar-refractivity contribution in [1.29, 1.82) is 0 Å². The molecule has 2 heterocycles. The Balaban J connectivity index is 1.84. The van der Waals surface area contributed by atoms with Crippen LogP contribution in [0.25, 0.3) is 11.2 Å². The summed E-state index contributed by atoms with van der Waals surface area (Å²) in [6.07, 6.45) is 1.58. The Kier molecular flexibility index (Phi) is 6.39. The summed E-state index contributed by atoms with van der Waals surface area (Å²) < 4.78 is 10.3. The van der Waals surface area contributed by atoms with Crippen LogP contribution in [0.15, 0.2) is 61.6 Å². The number of benzene rings is 2. The second-order valence-electron chi connectivity index (χ2n) is 7.25. The van der Waals surface area contributed by atoms with Crippen molar-refractivity contribution in [3.05, 3.63) is 83.9 Å². The van der Waals surface area contributed by atoms with Gasteiger partial charge in [-0.3, -0.25) is 18.5 Å². The van der Waals surface area contributed by atoms with Gasteiger partial charge in [-0.25, -0.2) is 10.2 Å². The average molecular weight is 532 g/mol. The molecule has 11 heteroatoms. The number of nitrogens with zero attached hydrogens (tertiary/aromatic N) is 5. The smallest absolute Gasteiger partial charge is 0.332 e. The van der Waals surface area contributed by atoms with Crippen molar-refractivity contribution in [2.75, 3.05) is 12.5 Å². The van der Waals surface area contributed by atoms with E-state index in [9.17, 15) is 9.59 Å². The van der Waals surface area contributed by atoms with Crippen LogP contribution in [0.5, 0.6) is 5.75 Å². The summed E-state index contributed by atoms with van der Waals surface area (Å²) in [6.45, 7) is 0.252. The van der Waals surface area contributed by atoms with Gasteiger partial charge in [0.25, 0.3) is 5.56 Å². The molecular formula is C22H20BrClN6O3. The van der Waals surface area contributed by atoms with Crippen LogP contribution in [-0.2, 0) is 20.6 Å². The van der Waals surface area contributed by atoms with E-state index in [0.29, 0.717) is 10.8 Å². The van der Waals surface area contributed by atoms with Gasteiger partial charge in [-0.05, 0) is 29.8 Å². The lowest BCUT2D eigenvalue weighted by molar-refractivity contribution is 0.414. The second kappa shape index (κ2) is 9.24. The number of imidazole rings is 1. The largest absolute Gasteiger partial charge is 0.496 e. The summed E-state index contributed by atoms with van der Waals surface area (Å²) in [7, 11) is 4.57. The molecule has 0 saturated heterocycles. The molecule has 0 aliphatic rings. The molecule has 2 aromatic heterocycles. The highest BCUT2D eigenvalue weighted by Crippen LogP contribution is 2.23.